The maximum absolute atomic E-state index is 9.18. The van der Waals surface area contributed by atoms with Gasteiger partial charge in [0.1, 0.15) is 22.3 Å². The summed E-state index contributed by atoms with van der Waals surface area (Å²) >= 11 is 0. The van der Waals surface area contributed by atoms with Crippen molar-refractivity contribution >= 4 is 83.6 Å². The number of hydrogen-bond donors (Lipinski definition) is 1. The Kier molecular flexibility index (Phi) is 7.54. The van der Waals surface area contributed by atoms with Crippen LogP contribution in [0.2, 0.25) is 0 Å². The molecule has 0 bridgehead atoms. The van der Waals surface area contributed by atoms with Crippen LogP contribution in [0.1, 0.15) is 16.7 Å². The van der Waals surface area contributed by atoms with Gasteiger partial charge in [0.25, 0.3) is 0 Å². The molecule has 57 heavy (non-hydrogen) atoms. The average Bonchev–Trinajstić information content (AvgIpc) is 3.94. The number of benzene rings is 8. The van der Waals surface area contributed by atoms with E-state index in [9.17, 15) is 5.41 Å². The fraction of sp³-hybridized carbons (Fsp3) is 0. The van der Waals surface area contributed by atoms with Crippen LogP contribution in [-0.4, -0.2) is 22.5 Å². The third kappa shape index (κ3) is 5.54. The lowest BCUT2D eigenvalue weighted by molar-refractivity contribution is 0.668. The van der Waals surface area contributed by atoms with Crippen LogP contribution in [-0.2, 0) is 0 Å². The summed E-state index contributed by atoms with van der Waals surface area (Å²) in [6.45, 7) is 0. The lowest BCUT2D eigenvalue weighted by atomic mass is 9.99. The Morgan fingerprint density at radius 1 is 0.491 bits per heavy atom. The molecule has 268 valence electrons. The molecule has 3 heterocycles. The van der Waals surface area contributed by atoms with Gasteiger partial charge in [0, 0.05) is 55.3 Å². The van der Waals surface area contributed by atoms with E-state index in [0.717, 1.165) is 77.3 Å². The van der Waals surface area contributed by atoms with Crippen LogP contribution in [0.25, 0.3) is 82.5 Å². The van der Waals surface area contributed by atoms with Crippen LogP contribution in [0, 0.1) is 5.41 Å². The Morgan fingerprint density at radius 2 is 1.11 bits per heavy atom. The number of nitrogens with zero attached hydrogens (tertiary/aromatic N) is 3. The number of para-hydroxylation sites is 3. The summed E-state index contributed by atoms with van der Waals surface area (Å²) in [5.41, 5.74) is 11.0. The Hall–Kier alpha value is -7.83. The normalized spacial score (nSPS) is 12.3. The van der Waals surface area contributed by atoms with E-state index in [1.165, 1.54) is 10.8 Å². The van der Waals surface area contributed by atoms with E-state index >= 15 is 0 Å². The van der Waals surface area contributed by atoms with Crippen LogP contribution < -0.4 is 0 Å². The first-order valence-corrected chi connectivity index (χ1v) is 18.9. The molecule has 0 aliphatic heterocycles. The van der Waals surface area contributed by atoms with Gasteiger partial charge in [-0.3, -0.25) is 5.41 Å². The van der Waals surface area contributed by atoms with Gasteiger partial charge in [-0.05, 0) is 89.5 Å². The summed E-state index contributed by atoms with van der Waals surface area (Å²) in [4.78, 5) is 9.81. The largest absolute Gasteiger partial charge is 0.456 e. The summed E-state index contributed by atoms with van der Waals surface area (Å²) in [6.07, 6.45) is 1.79. The van der Waals surface area contributed by atoms with Gasteiger partial charge in [0.05, 0.1) is 11.0 Å². The fourth-order valence-corrected chi connectivity index (χ4v) is 8.09. The second-order valence-electron chi connectivity index (χ2n) is 14.2. The van der Waals surface area contributed by atoms with Crippen molar-refractivity contribution in [2.24, 2.45) is 9.98 Å². The minimum Gasteiger partial charge on any atom is -0.456 e. The van der Waals surface area contributed by atoms with E-state index in [1.54, 1.807) is 6.21 Å². The second-order valence-corrected chi connectivity index (χ2v) is 14.2. The highest BCUT2D eigenvalue weighted by Crippen LogP contribution is 2.37. The van der Waals surface area contributed by atoms with Gasteiger partial charge in [-0.15, -0.1) is 0 Å². The summed E-state index contributed by atoms with van der Waals surface area (Å²) in [7, 11) is 0. The lowest BCUT2D eigenvalue weighted by Gasteiger charge is -2.09. The Balaban J connectivity index is 0.999. The third-order valence-electron chi connectivity index (χ3n) is 10.8. The summed E-state index contributed by atoms with van der Waals surface area (Å²) < 4.78 is 14.8. The van der Waals surface area contributed by atoms with Crippen molar-refractivity contribution in [3.8, 4) is 16.8 Å². The number of nitrogens with one attached hydrogen (secondary N) is 1. The maximum Gasteiger partial charge on any atom is 0.161 e. The van der Waals surface area contributed by atoms with Gasteiger partial charge >= 0.3 is 0 Å². The predicted molar refractivity (Wildman–Crippen MR) is 235 cm³/mol. The third-order valence-corrected chi connectivity index (χ3v) is 10.8. The number of aromatic nitrogens is 1. The fourth-order valence-electron chi connectivity index (χ4n) is 8.09. The van der Waals surface area contributed by atoms with E-state index < -0.39 is 0 Å². The number of hydrogen-bond acceptors (Lipinski definition) is 3. The Morgan fingerprint density at radius 3 is 1.89 bits per heavy atom. The van der Waals surface area contributed by atoms with E-state index in [4.69, 9.17) is 18.8 Å². The van der Waals surface area contributed by atoms with Crippen molar-refractivity contribution < 1.29 is 8.83 Å². The molecule has 0 radical (unpaired) electrons. The van der Waals surface area contributed by atoms with E-state index in [0.29, 0.717) is 17.0 Å². The van der Waals surface area contributed by atoms with Crippen molar-refractivity contribution in [2.75, 3.05) is 0 Å². The lowest BCUT2D eigenvalue weighted by Crippen LogP contribution is -2.05. The number of aliphatic imine (C=N–C) groups is 2. The molecule has 8 aromatic carbocycles. The second kappa shape index (κ2) is 13.2. The molecule has 0 spiro atoms. The first kappa shape index (κ1) is 32.6. The zero-order chi connectivity index (χ0) is 37.9. The SMILES string of the molecule is N=C(N=C(N=Cc1ccc2c(c1)oc1cccc(-c3ccccc3)c12)c1ccc(-n2c3ccccc3c3ccccc32)cc1)c1ccc2c(c1)oc1ccccc12. The molecule has 0 atom stereocenters. The standard InChI is InChI=1S/C51H32N4O2/c52-50(35-24-28-41-40-15-6-9-19-45(40)56-48(41)30-35)54-51(34-22-25-36(26-23-34)55-43-17-7-4-13-38(43)39-14-5-8-18-44(39)55)53-31-32-21-27-42-47(29-32)57-46-20-10-16-37(49(42)46)33-11-2-1-3-12-33/h1-31,52H. The molecule has 0 unspecified atom stereocenters. The summed E-state index contributed by atoms with van der Waals surface area (Å²) in [5, 5.41) is 15.8. The molecule has 0 fully saturated rings. The molecule has 11 aromatic rings. The van der Waals surface area contributed by atoms with Crippen molar-refractivity contribution in [3.05, 3.63) is 199 Å². The number of amidine groups is 2. The van der Waals surface area contributed by atoms with Gasteiger partial charge in [-0.2, -0.15) is 0 Å². The summed E-state index contributed by atoms with van der Waals surface area (Å²) in [6, 6.07) is 61.7. The first-order chi connectivity index (χ1) is 28.2. The molecule has 3 aromatic heterocycles. The quantitative estimate of drug-likeness (QED) is 0.141. The van der Waals surface area contributed by atoms with E-state index in [1.807, 2.05) is 84.9 Å². The zero-order valence-corrected chi connectivity index (χ0v) is 30.6. The minimum atomic E-state index is 0.0807. The van der Waals surface area contributed by atoms with Crippen molar-refractivity contribution in [1.29, 1.82) is 5.41 Å². The van der Waals surface area contributed by atoms with Gasteiger partial charge < -0.3 is 13.4 Å². The molecular weight excluding hydrogens is 701 g/mol. The van der Waals surface area contributed by atoms with Crippen LogP contribution in [0.5, 0.6) is 0 Å². The number of fused-ring (bicyclic) bond motifs is 9. The summed E-state index contributed by atoms with van der Waals surface area (Å²) in [5.74, 6) is 0.492. The number of furan rings is 2. The van der Waals surface area contributed by atoms with Crippen molar-refractivity contribution in [1.82, 2.24) is 4.57 Å². The predicted octanol–water partition coefficient (Wildman–Crippen LogP) is 13.1. The Bertz CT molecular complexity index is 3370. The average molecular weight is 733 g/mol. The molecule has 6 nitrogen and oxygen atoms in total. The molecule has 0 amide bonds. The highest BCUT2D eigenvalue weighted by molar-refractivity contribution is 6.16. The van der Waals surface area contributed by atoms with E-state index in [2.05, 4.69) is 102 Å². The molecule has 0 saturated heterocycles. The molecular formula is C51H32N4O2. The first-order valence-electron chi connectivity index (χ1n) is 18.9. The Labute approximate surface area is 326 Å². The van der Waals surface area contributed by atoms with Gasteiger partial charge in [-0.1, -0.05) is 109 Å². The molecule has 0 aliphatic rings. The van der Waals surface area contributed by atoms with Gasteiger partial charge in [0.2, 0.25) is 0 Å². The molecule has 1 N–H and O–H groups in total. The molecule has 0 aliphatic carbocycles. The minimum absolute atomic E-state index is 0.0807. The molecule has 0 saturated carbocycles. The number of rotatable bonds is 5. The van der Waals surface area contributed by atoms with Crippen LogP contribution in [0.3, 0.4) is 0 Å². The van der Waals surface area contributed by atoms with Gasteiger partial charge in [0.15, 0.2) is 11.7 Å². The van der Waals surface area contributed by atoms with Crippen molar-refractivity contribution in [2.45, 2.75) is 0 Å². The van der Waals surface area contributed by atoms with Crippen LogP contribution in [0.4, 0.5) is 0 Å². The van der Waals surface area contributed by atoms with Gasteiger partial charge in [-0.25, -0.2) is 9.98 Å². The monoisotopic (exact) mass is 732 g/mol. The van der Waals surface area contributed by atoms with Crippen molar-refractivity contribution in [3.63, 3.8) is 0 Å². The maximum atomic E-state index is 9.18. The zero-order valence-electron chi connectivity index (χ0n) is 30.6. The smallest absolute Gasteiger partial charge is 0.161 e. The topological polar surface area (TPSA) is 79.8 Å². The van der Waals surface area contributed by atoms with E-state index in [-0.39, 0.29) is 5.84 Å². The highest BCUT2D eigenvalue weighted by Gasteiger charge is 2.15. The molecule has 11 rings (SSSR count). The van der Waals surface area contributed by atoms with Crippen LogP contribution in [0.15, 0.2) is 201 Å². The molecule has 6 heteroatoms. The highest BCUT2D eigenvalue weighted by atomic mass is 16.3. The van der Waals surface area contributed by atoms with Crippen LogP contribution >= 0.6 is 0 Å².